The molecular formula is C19H22N2O3. The second-order valence-corrected chi connectivity index (χ2v) is 5.75. The van der Waals surface area contributed by atoms with Gasteiger partial charge in [0.2, 0.25) is 0 Å². The molecule has 1 atom stereocenters. The van der Waals surface area contributed by atoms with Crippen molar-refractivity contribution in [1.29, 1.82) is 0 Å². The summed E-state index contributed by atoms with van der Waals surface area (Å²) in [6.45, 7) is 4.27. The minimum Gasteiger partial charge on any atom is -0.469 e. The Labute approximate surface area is 142 Å². The van der Waals surface area contributed by atoms with Gasteiger partial charge in [-0.2, -0.15) is 0 Å². The van der Waals surface area contributed by atoms with Crippen molar-refractivity contribution >= 4 is 11.9 Å². The molecule has 0 fully saturated rings. The van der Waals surface area contributed by atoms with E-state index in [0.717, 1.165) is 11.3 Å². The van der Waals surface area contributed by atoms with E-state index >= 15 is 0 Å². The smallest absolute Gasteiger partial charge is 0.310 e. The maximum Gasteiger partial charge on any atom is 0.310 e. The third-order valence-electron chi connectivity index (χ3n) is 3.84. The molecule has 2 aromatic rings. The Morgan fingerprint density at radius 1 is 1.17 bits per heavy atom. The van der Waals surface area contributed by atoms with Gasteiger partial charge in [-0.05, 0) is 30.7 Å². The van der Waals surface area contributed by atoms with Gasteiger partial charge in [-0.1, -0.05) is 31.2 Å². The predicted molar refractivity (Wildman–Crippen MR) is 91.3 cm³/mol. The lowest BCUT2D eigenvalue weighted by Crippen LogP contribution is -2.37. The number of aromatic nitrogens is 1. The zero-order valence-electron chi connectivity index (χ0n) is 14.2. The number of ether oxygens (including phenoxy) is 1. The average molecular weight is 326 g/mol. The summed E-state index contributed by atoms with van der Waals surface area (Å²) in [6, 6.07) is 13.0. The molecule has 1 aromatic heterocycles. The third-order valence-corrected chi connectivity index (χ3v) is 3.84. The highest BCUT2D eigenvalue weighted by atomic mass is 16.5. The van der Waals surface area contributed by atoms with E-state index in [0.29, 0.717) is 12.1 Å². The number of pyridine rings is 1. The number of amides is 1. The molecule has 0 radical (unpaired) electrons. The first-order valence-corrected chi connectivity index (χ1v) is 7.85. The molecule has 2 rings (SSSR count). The Balaban J connectivity index is 2.26. The van der Waals surface area contributed by atoms with Crippen molar-refractivity contribution in [2.24, 2.45) is 5.92 Å². The Morgan fingerprint density at radius 3 is 2.50 bits per heavy atom. The van der Waals surface area contributed by atoms with E-state index in [1.54, 1.807) is 24.1 Å². The van der Waals surface area contributed by atoms with Gasteiger partial charge in [0.1, 0.15) is 0 Å². The van der Waals surface area contributed by atoms with Gasteiger partial charge in [-0.15, -0.1) is 0 Å². The predicted octanol–water partition coefficient (Wildman–Crippen LogP) is 2.84. The first-order chi connectivity index (χ1) is 11.5. The Bertz CT molecular complexity index is 701. The zero-order chi connectivity index (χ0) is 17.5. The van der Waals surface area contributed by atoms with Crippen LogP contribution < -0.4 is 0 Å². The summed E-state index contributed by atoms with van der Waals surface area (Å²) >= 11 is 0. The van der Waals surface area contributed by atoms with Gasteiger partial charge < -0.3 is 9.64 Å². The topological polar surface area (TPSA) is 59.5 Å². The van der Waals surface area contributed by atoms with Crippen LogP contribution in [0.3, 0.4) is 0 Å². The fourth-order valence-electron chi connectivity index (χ4n) is 2.50. The highest BCUT2D eigenvalue weighted by Crippen LogP contribution is 2.15. The number of carbonyl (C=O) groups excluding carboxylic acids is 2. The van der Waals surface area contributed by atoms with Gasteiger partial charge in [0.25, 0.3) is 5.91 Å². The lowest BCUT2D eigenvalue weighted by atomic mass is 10.1. The monoisotopic (exact) mass is 326 g/mol. The van der Waals surface area contributed by atoms with Crippen LogP contribution in [0.4, 0.5) is 0 Å². The van der Waals surface area contributed by atoms with Crippen LogP contribution in [-0.4, -0.2) is 35.4 Å². The number of methoxy groups -OCH3 is 1. The van der Waals surface area contributed by atoms with Crippen LogP contribution >= 0.6 is 0 Å². The fraction of sp³-hybridized carbons (Fsp3) is 0.316. The van der Waals surface area contributed by atoms with E-state index in [4.69, 9.17) is 4.74 Å². The van der Waals surface area contributed by atoms with Crippen LogP contribution in [0.1, 0.15) is 28.5 Å². The number of nitrogens with zero attached hydrogens (tertiary/aromatic N) is 2. The van der Waals surface area contributed by atoms with E-state index < -0.39 is 5.92 Å². The molecule has 0 aliphatic heterocycles. The summed E-state index contributed by atoms with van der Waals surface area (Å²) in [6.07, 6.45) is 1.69. The Kier molecular flexibility index (Phi) is 6.07. The Hall–Kier alpha value is -2.69. The van der Waals surface area contributed by atoms with Crippen molar-refractivity contribution in [2.75, 3.05) is 13.7 Å². The molecule has 0 saturated heterocycles. The fourth-order valence-corrected chi connectivity index (χ4v) is 2.50. The van der Waals surface area contributed by atoms with Crippen molar-refractivity contribution in [1.82, 2.24) is 9.88 Å². The van der Waals surface area contributed by atoms with E-state index in [9.17, 15) is 9.59 Å². The molecule has 126 valence electrons. The van der Waals surface area contributed by atoms with Crippen molar-refractivity contribution in [3.8, 4) is 0 Å². The Morgan fingerprint density at radius 2 is 1.88 bits per heavy atom. The standard InChI is InChI=1S/C19H22N2O3/c1-14-8-4-5-10-17(14)18(22)21(12-15(2)19(23)24-3)13-16-9-6-7-11-20-16/h4-11,15H,12-13H2,1-3H3. The second kappa shape index (κ2) is 8.24. The van der Waals surface area contributed by atoms with Crippen molar-refractivity contribution in [3.63, 3.8) is 0 Å². The first kappa shape index (κ1) is 17.7. The quantitative estimate of drug-likeness (QED) is 0.766. The molecule has 1 heterocycles. The van der Waals surface area contributed by atoms with Gasteiger partial charge in [0.15, 0.2) is 0 Å². The lowest BCUT2D eigenvalue weighted by molar-refractivity contribution is -0.145. The molecule has 0 aliphatic carbocycles. The van der Waals surface area contributed by atoms with E-state index in [-0.39, 0.29) is 18.4 Å². The summed E-state index contributed by atoms with van der Waals surface area (Å²) in [5.74, 6) is -0.861. The number of carbonyl (C=O) groups is 2. The van der Waals surface area contributed by atoms with Crippen LogP contribution in [0.2, 0.25) is 0 Å². The van der Waals surface area contributed by atoms with Crippen molar-refractivity contribution in [3.05, 3.63) is 65.5 Å². The molecule has 0 N–H and O–H groups in total. The highest BCUT2D eigenvalue weighted by molar-refractivity contribution is 5.95. The maximum atomic E-state index is 13.0. The molecule has 0 spiro atoms. The zero-order valence-corrected chi connectivity index (χ0v) is 14.2. The molecule has 1 unspecified atom stereocenters. The normalized spacial score (nSPS) is 11.6. The van der Waals surface area contributed by atoms with E-state index in [1.165, 1.54) is 7.11 Å². The van der Waals surface area contributed by atoms with Gasteiger partial charge in [0, 0.05) is 18.3 Å². The van der Waals surface area contributed by atoms with E-state index in [2.05, 4.69) is 4.98 Å². The van der Waals surface area contributed by atoms with Crippen LogP contribution in [0.15, 0.2) is 48.7 Å². The molecule has 0 bridgehead atoms. The summed E-state index contributed by atoms with van der Waals surface area (Å²) < 4.78 is 4.78. The lowest BCUT2D eigenvalue weighted by Gasteiger charge is -2.25. The number of hydrogen-bond acceptors (Lipinski definition) is 4. The summed E-state index contributed by atoms with van der Waals surface area (Å²) in [5, 5.41) is 0. The summed E-state index contributed by atoms with van der Waals surface area (Å²) in [4.78, 5) is 30.6. The minimum absolute atomic E-state index is 0.116. The second-order valence-electron chi connectivity index (χ2n) is 5.75. The number of benzene rings is 1. The average Bonchev–Trinajstić information content (AvgIpc) is 2.61. The molecule has 1 amide bonds. The summed E-state index contributed by atoms with van der Waals surface area (Å²) in [7, 11) is 1.35. The number of esters is 1. The van der Waals surface area contributed by atoms with Crippen molar-refractivity contribution < 1.29 is 14.3 Å². The third kappa shape index (κ3) is 4.41. The number of aryl methyl sites for hydroxylation is 1. The van der Waals surface area contributed by atoms with Gasteiger partial charge >= 0.3 is 5.97 Å². The van der Waals surface area contributed by atoms with Crippen LogP contribution in [-0.2, 0) is 16.1 Å². The van der Waals surface area contributed by atoms with Crippen LogP contribution in [0.5, 0.6) is 0 Å². The van der Waals surface area contributed by atoms with Gasteiger partial charge in [-0.25, -0.2) is 0 Å². The van der Waals surface area contributed by atoms with Crippen LogP contribution in [0, 0.1) is 12.8 Å². The largest absolute Gasteiger partial charge is 0.469 e. The summed E-state index contributed by atoms with van der Waals surface area (Å²) in [5.41, 5.74) is 2.31. The van der Waals surface area contributed by atoms with Gasteiger partial charge in [0.05, 0.1) is 25.3 Å². The minimum atomic E-state index is -0.410. The highest BCUT2D eigenvalue weighted by Gasteiger charge is 2.23. The van der Waals surface area contributed by atoms with Crippen molar-refractivity contribution in [2.45, 2.75) is 20.4 Å². The first-order valence-electron chi connectivity index (χ1n) is 7.85. The molecule has 1 aromatic carbocycles. The number of rotatable bonds is 6. The van der Waals surface area contributed by atoms with Crippen LogP contribution in [0.25, 0.3) is 0 Å². The molecule has 5 heteroatoms. The molecule has 0 saturated carbocycles. The molecule has 24 heavy (non-hydrogen) atoms. The molecule has 5 nitrogen and oxygen atoms in total. The molecule has 0 aliphatic rings. The SMILES string of the molecule is COC(=O)C(C)CN(Cc1ccccn1)C(=O)c1ccccc1C. The molecular weight excluding hydrogens is 304 g/mol. The van der Waals surface area contributed by atoms with E-state index in [1.807, 2.05) is 43.3 Å². The van der Waals surface area contributed by atoms with Gasteiger partial charge in [-0.3, -0.25) is 14.6 Å². The number of hydrogen-bond donors (Lipinski definition) is 0. The maximum absolute atomic E-state index is 13.0.